The molecule has 1 aromatic carbocycles. The Morgan fingerprint density at radius 1 is 1.36 bits per heavy atom. The molecule has 0 aliphatic heterocycles. The van der Waals surface area contributed by atoms with Gasteiger partial charge in [0.2, 0.25) is 0 Å². The molecule has 1 N–H and O–H groups in total. The maximum absolute atomic E-state index is 11.2. The molecule has 0 bridgehead atoms. The zero-order chi connectivity index (χ0) is 15.5. The molecule has 0 radical (unpaired) electrons. The van der Waals surface area contributed by atoms with Gasteiger partial charge in [0.25, 0.3) is 0 Å². The number of aromatic nitrogens is 3. The molecule has 0 saturated heterocycles. The average Bonchev–Trinajstić information content (AvgIpc) is 2.86. The van der Waals surface area contributed by atoms with Crippen molar-refractivity contribution in [2.24, 2.45) is 0 Å². The van der Waals surface area contributed by atoms with Crippen LogP contribution in [-0.4, -0.2) is 32.3 Å². The SMILES string of the molecule is CCOc1cccc(-c2nn3cccnc3c2CC(=O)O)c1. The number of fused-ring (bicyclic) bond motifs is 1. The number of rotatable bonds is 5. The van der Waals surface area contributed by atoms with Gasteiger partial charge in [0, 0.05) is 23.5 Å². The zero-order valence-corrected chi connectivity index (χ0v) is 12.1. The maximum Gasteiger partial charge on any atom is 0.308 e. The van der Waals surface area contributed by atoms with Gasteiger partial charge in [-0.1, -0.05) is 12.1 Å². The number of carboxylic acids is 1. The summed E-state index contributed by atoms with van der Waals surface area (Å²) >= 11 is 0. The van der Waals surface area contributed by atoms with Crippen molar-refractivity contribution in [3.8, 4) is 17.0 Å². The Labute approximate surface area is 127 Å². The maximum atomic E-state index is 11.2. The summed E-state index contributed by atoms with van der Waals surface area (Å²) in [6.45, 7) is 2.48. The standard InChI is InChI=1S/C16H15N3O3/c1-2-22-12-6-3-5-11(9-12)15-13(10-14(20)21)16-17-7-4-8-19(16)18-15/h3-9H,2,10H2,1H3,(H,20,21). The molecule has 0 unspecified atom stereocenters. The summed E-state index contributed by atoms with van der Waals surface area (Å²) in [5, 5.41) is 13.6. The van der Waals surface area contributed by atoms with Crippen LogP contribution in [0.3, 0.4) is 0 Å². The number of carboxylic acid groups (broad SMARTS) is 1. The number of nitrogens with zero attached hydrogens (tertiary/aromatic N) is 3. The monoisotopic (exact) mass is 297 g/mol. The molecule has 0 atom stereocenters. The van der Waals surface area contributed by atoms with Crippen LogP contribution in [0.15, 0.2) is 42.7 Å². The van der Waals surface area contributed by atoms with Gasteiger partial charge in [0.15, 0.2) is 5.65 Å². The summed E-state index contributed by atoms with van der Waals surface area (Å²) in [6, 6.07) is 9.22. The van der Waals surface area contributed by atoms with E-state index in [2.05, 4.69) is 10.1 Å². The number of aliphatic carboxylic acids is 1. The van der Waals surface area contributed by atoms with E-state index in [0.29, 0.717) is 23.5 Å². The van der Waals surface area contributed by atoms with E-state index in [1.165, 1.54) is 0 Å². The second-order valence-electron chi connectivity index (χ2n) is 4.75. The molecule has 6 heteroatoms. The van der Waals surface area contributed by atoms with Crippen LogP contribution in [0.5, 0.6) is 5.75 Å². The van der Waals surface area contributed by atoms with Crippen molar-refractivity contribution in [3.05, 3.63) is 48.3 Å². The second kappa shape index (κ2) is 5.85. The lowest BCUT2D eigenvalue weighted by atomic mass is 10.1. The van der Waals surface area contributed by atoms with Crippen LogP contribution in [-0.2, 0) is 11.2 Å². The molecule has 22 heavy (non-hydrogen) atoms. The third-order valence-electron chi connectivity index (χ3n) is 3.24. The fraction of sp³-hybridized carbons (Fsp3) is 0.188. The molecule has 3 rings (SSSR count). The van der Waals surface area contributed by atoms with Crippen molar-refractivity contribution in [3.63, 3.8) is 0 Å². The number of ether oxygens (including phenoxy) is 1. The van der Waals surface area contributed by atoms with E-state index in [9.17, 15) is 4.79 Å². The summed E-state index contributed by atoms with van der Waals surface area (Å²) in [6.07, 6.45) is 3.25. The highest BCUT2D eigenvalue weighted by molar-refractivity contribution is 5.80. The molecular formula is C16H15N3O3. The van der Waals surface area contributed by atoms with Gasteiger partial charge in [-0.15, -0.1) is 0 Å². The van der Waals surface area contributed by atoms with Crippen LogP contribution in [0.2, 0.25) is 0 Å². The van der Waals surface area contributed by atoms with Gasteiger partial charge in [0.05, 0.1) is 18.7 Å². The molecule has 0 saturated carbocycles. The molecule has 6 nitrogen and oxygen atoms in total. The van der Waals surface area contributed by atoms with Crippen LogP contribution in [0.1, 0.15) is 12.5 Å². The number of hydrogen-bond donors (Lipinski definition) is 1. The Hall–Kier alpha value is -2.89. The first kappa shape index (κ1) is 14.1. The van der Waals surface area contributed by atoms with Crippen LogP contribution in [0.4, 0.5) is 0 Å². The van der Waals surface area contributed by atoms with Crippen LogP contribution < -0.4 is 4.74 Å². The van der Waals surface area contributed by atoms with Crippen molar-refractivity contribution in [2.45, 2.75) is 13.3 Å². The molecule has 0 aliphatic carbocycles. The molecule has 0 aliphatic rings. The largest absolute Gasteiger partial charge is 0.494 e. The van der Waals surface area contributed by atoms with Gasteiger partial charge in [-0.05, 0) is 25.1 Å². The molecule has 0 fully saturated rings. The van der Waals surface area contributed by atoms with E-state index in [4.69, 9.17) is 9.84 Å². The summed E-state index contributed by atoms with van der Waals surface area (Å²) < 4.78 is 7.09. The van der Waals surface area contributed by atoms with Gasteiger partial charge < -0.3 is 9.84 Å². The van der Waals surface area contributed by atoms with Gasteiger partial charge in [-0.25, -0.2) is 9.50 Å². The normalized spacial score (nSPS) is 10.8. The number of hydrogen-bond acceptors (Lipinski definition) is 4. The number of benzene rings is 1. The minimum atomic E-state index is -0.914. The summed E-state index contributed by atoms with van der Waals surface area (Å²) in [5.41, 5.74) is 2.58. The Morgan fingerprint density at radius 2 is 2.23 bits per heavy atom. The van der Waals surface area contributed by atoms with Crippen molar-refractivity contribution in [1.82, 2.24) is 14.6 Å². The second-order valence-corrected chi connectivity index (χ2v) is 4.75. The first-order valence-corrected chi connectivity index (χ1v) is 6.96. The van der Waals surface area contributed by atoms with Crippen LogP contribution in [0.25, 0.3) is 16.9 Å². The van der Waals surface area contributed by atoms with Gasteiger partial charge in [0.1, 0.15) is 5.75 Å². The minimum Gasteiger partial charge on any atom is -0.494 e. The molecular weight excluding hydrogens is 282 g/mol. The van der Waals surface area contributed by atoms with E-state index in [1.807, 2.05) is 31.2 Å². The smallest absolute Gasteiger partial charge is 0.308 e. The molecule has 3 aromatic rings. The Morgan fingerprint density at radius 3 is 3.00 bits per heavy atom. The lowest BCUT2D eigenvalue weighted by Crippen LogP contribution is -2.01. The van der Waals surface area contributed by atoms with Crippen LogP contribution in [0, 0.1) is 0 Å². The molecule has 0 spiro atoms. The third-order valence-corrected chi connectivity index (χ3v) is 3.24. The van der Waals surface area contributed by atoms with Crippen molar-refractivity contribution >= 4 is 11.6 Å². The van der Waals surface area contributed by atoms with Crippen molar-refractivity contribution in [2.75, 3.05) is 6.61 Å². The molecule has 2 aromatic heterocycles. The predicted octanol–water partition coefficient (Wildman–Crippen LogP) is 2.42. The quantitative estimate of drug-likeness (QED) is 0.782. The highest BCUT2D eigenvalue weighted by Gasteiger charge is 2.18. The van der Waals surface area contributed by atoms with Gasteiger partial charge in [-0.2, -0.15) is 5.10 Å². The van der Waals surface area contributed by atoms with Crippen LogP contribution >= 0.6 is 0 Å². The zero-order valence-electron chi connectivity index (χ0n) is 12.1. The summed E-state index contributed by atoms with van der Waals surface area (Å²) in [4.78, 5) is 15.4. The first-order chi connectivity index (χ1) is 10.7. The van der Waals surface area contributed by atoms with E-state index < -0.39 is 5.97 Å². The highest BCUT2D eigenvalue weighted by atomic mass is 16.5. The fourth-order valence-corrected chi connectivity index (χ4v) is 2.38. The third kappa shape index (κ3) is 2.63. The topological polar surface area (TPSA) is 76.7 Å². The van der Waals surface area contributed by atoms with E-state index >= 15 is 0 Å². The minimum absolute atomic E-state index is 0.130. The molecule has 112 valence electrons. The summed E-state index contributed by atoms with van der Waals surface area (Å²) in [5.74, 6) is -0.186. The van der Waals surface area contributed by atoms with E-state index in [1.54, 1.807) is 23.0 Å². The lowest BCUT2D eigenvalue weighted by molar-refractivity contribution is -0.136. The van der Waals surface area contributed by atoms with E-state index in [0.717, 1.165) is 11.3 Å². The Bertz CT molecular complexity index is 826. The summed E-state index contributed by atoms with van der Waals surface area (Å²) in [7, 11) is 0. The van der Waals surface area contributed by atoms with Gasteiger partial charge >= 0.3 is 5.97 Å². The first-order valence-electron chi connectivity index (χ1n) is 6.96. The van der Waals surface area contributed by atoms with Crippen molar-refractivity contribution in [1.29, 1.82) is 0 Å². The van der Waals surface area contributed by atoms with Crippen molar-refractivity contribution < 1.29 is 14.6 Å². The average molecular weight is 297 g/mol. The lowest BCUT2D eigenvalue weighted by Gasteiger charge is -2.05. The molecule has 2 heterocycles. The predicted molar refractivity (Wildman–Crippen MR) is 80.9 cm³/mol. The van der Waals surface area contributed by atoms with Gasteiger partial charge in [-0.3, -0.25) is 4.79 Å². The van der Waals surface area contributed by atoms with E-state index in [-0.39, 0.29) is 6.42 Å². The Kier molecular flexibility index (Phi) is 3.74. The molecule has 0 amide bonds. The number of carbonyl (C=O) groups is 1. The fourth-order valence-electron chi connectivity index (χ4n) is 2.38. The Balaban J connectivity index is 2.16. The highest BCUT2D eigenvalue weighted by Crippen LogP contribution is 2.28.